The maximum Gasteiger partial charge on any atom is 0.293 e. The lowest BCUT2D eigenvalue weighted by atomic mass is 10.1. The van der Waals surface area contributed by atoms with Crippen LogP contribution in [-0.2, 0) is 6.42 Å². The SMILES string of the molecule is O=C(Nc1nnc(CCN2C(=O)c3ccccc3C2=O)s1)c1ccc(Br)o1. The number of furan rings is 1. The number of halogens is 1. The average molecular weight is 447 g/mol. The maximum absolute atomic E-state index is 12.3. The highest BCUT2D eigenvalue weighted by molar-refractivity contribution is 9.10. The van der Waals surface area contributed by atoms with Gasteiger partial charge in [-0.1, -0.05) is 23.5 Å². The molecule has 0 radical (unpaired) electrons. The van der Waals surface area contributed by atoms with Crippen molar-refractivity contribution in [2.75, 3.05) is 11.9 Å². The van der Waals surface area contributed by atoms with Gasteiger partial charge in [0.25, 0.3) is 17.7 Å². The largest absolute Gasteiger partial charge is 0.444 e. The van der Waals surface area contributed by atoms with Crippen molar-refractivity contribution < 1.29 is 18.8 Å². The number of rotatable bonds is 5. The van der Waals surface area contributed by atoms with Crippen LogP contribution in [0.3, 0.4) is 0 Å². The van der Waals surface area contributed by atoms with E-state index in [-0.39, 0.29) is 24.1 Å². The second kappa shape index (κ2) is 7.05. The van der Waals surface area contributed by atoms with Crippen molar-refractivity contribution in [2.24, 2.45) is 0 Å². The number of imide groups is 1. The molecule has 1 aromatic carbocycles. The number of aromatic nitrogens is 2. The van der Waals surface area contributed by atoms with Crippen LogP contribution in [0.15, 0.2) is 45.5 Å². The number of carbonyl (C=O) groups is 3. The molecule has 3 aromatic rings. The van der Waals surface area contributed by atoms with Crippen molar-refractivity contribution in [3.8, 4) is 0 Å². The second-order valence-corrected chi connectivity index (χ2v) is 7.46. The molecule has 136 valence electrons. The lowest BCUT2D eigenvalue weighted by molar-refractivity contribution is 0.0655. The first-order chi connectivity index (χ1) is 13.0. The summed E-state index contributed by atoms with van der Waals surface area (Å²) in [5, 5.41) is 11.4. The van der Waals surface area contributed by atoms with Crippen LogP contribution in [-0.4, -0.2) is 39.4 Å². The zero-order valence-electron chi connectivity index (χ0n) is 13.6. The highest BCUT2D eigenvalue weighted by Gasteiger charge is 2.34. The molecule has 0 saturated carbocycles. The Morgan fingerprint density at radius 2 is 1.81 bits per heavy atom. The number of benzene rings is 1. The molecule has 0 saturated heterocycles. The predicted molar refractivity (Wildman–Crippen MR) is 99.8 cm³/mol. The van der Waals surface area contributed by atoms with Gasteiger partial charge in [-0.3, -0.25) is 24.6 Å². The minimum Gasteiger partial charge on any atom is -0.444 e. The number of carbonyl (C=O) groups excluding carboxylic acids is 3. The molecular formula is C17H11BrN4O4S. The smallest absolute Gasteiger partial charge is 0.293 e. The van der Waals surface area contributed by atoms with Crippen LogP contribution in [0, 0.1) is 0 Å². The van der Waals surface area contributed by atoms with E-state index in [4.69, 9.17) is 4.42 Å². The summed E-state index contributed by atoms with van der Waals surface area (Å²) in [5.41, 5.74) is 0.828. The number of nitrogens with zero attached hydrogens (tertiary/aromatic N) is 3. The fourth-order valence-electron chi connectivity index (χ4n) is 2.65. The molecule has 0 bridgehead atoms. The van der Waals surface area contributed by atoms with Crippen LogP contribution in [0.2, 0.25) is 0 Å². The Bertz CT molecular complexity index is 1030. The lowest BCUT2D eigenvalue weighted by Gasteiger charge is -2.11. The molecular weight excluding hydrogens is 436 g/mol. The monoisotopic (exact) mass is 446 g/mol. The molecule has 2 aromatic heterocycles. The third-order valence-electron chi connectivity index (χ3n) is 3.91. The molecule has 1 N–H and O–H groups in total. The summed E-state index contributed by atoms with van der Waals surface area (Å²) in [6.45, 7) is 0.195. The minimum absolute atomic E-state index is 0.143. The van der Waals surface area contributed by atoms with E-state index in [9.17, 15) is 14.4 Å². The highest BCUT2D eigenvalue weighted by Crippen LogP contribution is 2.24. The normalized spacial score (nSPS) is 13.1. The van der Waals surface area contributed by atoms with Crippen LogP contribution >= 0.6 is 27.3 Å². The second-order valence-electron chi connectivity index (χ2n) is 5.62. The van der Waals surface area contributed by atoms with Gasteiger partial charge in [-0.15, -0.1) is 10.2 Å². The van der Waals surface area contributed by atoms with E-state index < -0.39 is 5.91 Å². The Morgan fingerprint density at radius 1 is 1.11 bits per heavy atom. The van der Waals surface area contributed by atoms with Crippen molar-refractivity contribution in [1.82, 2.24) is 15.1 Å². The Balaban J connectivity index is 1.38. The lowest BCUT2D eigenvalue weighted by Crippen LogP contribution is -2.31. The third-order valence-corrected chi connectivity index (χ3v) is 5.24. The molecule has 0 atom stereocenters. The van der Waals surface area contributed by atoms with Gasteiger partial charge in [0.1, 0.15) is 5.01 Å². The van der Waals surface area contributed by atoms with Crippen molar-refractivity contribution >= 4 is 50.1 Å². The fraction of sp³-hybridized carbons (Fsp3) is 0.118. The molecule has 4 rings (SSSR count). The van der Waals surface area contributed by atoms with Gasteiger partial charge in [0, 0.05) is 13.0 Å². The molecule has 0 aliphatic carbocycles. The number of nitrogens with one attached hydrogen (secondary N) is 1. The summed E-state index contributed by atoms with van der Waals surface area (Å²) < 4.78 is 5.62. The summed E-state index contributed by atoms with van der Waals surface area (Å²) in [4.78, 5) is 37.9. The zero-order valence-corrected chi connectivity index (χ0v) is 16.0. The van der Waals surface area contributed by atoms with Gasteiger partial charge in [-0.2, -0.15) is 0 Å². The standard InChI is InChI=1S/C17H11BrN4O4S/c18-12-6-5-11(26-12)14(23)19-17-21-20-13(27-17)7-8-22-15(24)9-3-1-2-4-10(9)16(22)25/h1-6H,7-8H2,(H,19,21,23). The molecule has 1 aliphatic rings. The Morgan fingerprint density at radius 3 is 2.44 bits per heavy atom. The Labute approximate surface area is 165 Å². The first-order valence-electron chi connectivity index (χ1n) is 7.87. The Hall–Kier alpha value is -2.85. The molecule has 10 heteroatoms. The number of anilines is 1. The van der Waals surface area contributed by atoms with Gasteiger partial charge in [0.15, 0.2) is 10.4 Å². The average Bonchev–Trinajstić information content (AvgIpc) is 3.35. The van der Waals surface area contributed by atoms with Gasteiger partial charge >= 0.3 is 0 Å². The van der Waals surface area contributed by atoms with E-state index in [0.29, 0.717) is 32.4 Å². The fourth-order valence-corrected chi connectivity index (χ4v) is 3.68. The number of fused-ring (bicyclic) bond motifs is 1. The van der Waals surface area contributed by atoms with Crippen LogP contribution in [0.5, 0.6) is 0 Å². The van der Waals surface area contributed by atoms with Crippen molar-refractivity contribution in [3.05, 3.63) is 63.0 Å². The quantitative estimate of drug-likeness (QED) is 0.603. The summed E-state index contributed by atoms with van der Waals surface area (Å²) in [5.74, 6) is -0.914. The van der Waals surface area contributed by atoms with E-state index in [1.54, 1.807) is 30.3 Å². The van der Waals surface area contributed by atoms with Crippen molar-refractivity contribution in [1.29, 1.82) is 0 Å². The minimum atomic E-state index is -0.441. The van der Waals surface area contributed by atoms with Gasteiger partial charge in [-0.25, -0.2) is 0 Å². The Kier molecular flexibility index (Phi) is 4.58. The zero-order chi connectivity index (χ0) is 19.0. The molecule has 0 fully saturated rings. The van der Waals surface area contributed by atoms with Crippen molar-refractivity contribution in [3.63, 3.8) is 0 Å². The topological polar surface area (TPSA) is 105 Å². The van der Waals surface area contributed by atoms with E-state index in [1.807, 2.05) is 0 Å². The first-order valence-corrected chi connectivity index (χ1v) is 9.48. The van der Waals surface area contributed by atoms with E-state index in [1.165, 1.54) is 22.3 Å². The van der Waals surface area contributed by atoms with Crippen LogP contribution in [0.25, 0.3) is 0 Å². The number of amides is 3. The van der Waals surface area contributed by atoms with Crippen LogP contribution < -0.4 is 5.32 Å². The molecule has 3 heterocycles. The van der Waals surface area contributed by atoms with Gasteiger partial charge in [0.05, 0.1) is 11.1 Å². The molecule has 0 spiro atoms. The van der Waals surface area contributed by atoms with E-state index in [0.717, 1.165) is 0 Å². The molecule has 0 unspecified atom stereocenters. The summed E-state index contributed by atoms with van der Waals surface area (Å²) in [6.07, 6.45) is 0.352. The molecule has 3 amide bonds. The summed E-state index contributed by atoms with van der Waals surface area (Å²) in [6, 6.07) is 9.88. The van der Waals surface area contributed by atoms with Crippen LogP contribution in [0.1, 0.15) is 36.3 Å². The summed E-state index contributed by atoms with van der Waals surface area (Å²) in [7, 11) is 0. The molecule has 1 aliphatic heterocycles. The first kappa shape index (κ1) is 17.6. The van der Waals surface area contributed by atoms with Gasteiger partial charge in [-0.05, 0) is 40.2 Å². The molecule has 8 nitrogen and oxygen atoms in total. The van der Waals surface area contributed by atoms with E-state index in [2.05, 4.69) is 31.4 Å². The predicted octanol–water partition coefficient (Wildman–Crippen LogP) is 2.98. The van der Waals surface area contributed by atoms with E-state index >= 15 is 0 Å². The highest BCUT2D eigenvalue weighted by atomic mass is 79.9. The van der Waals surface area contributed by atoms with Crippen LogP contribution in [0.4, 0.5) is 5.13 Å². The van der Waals surface area contributed by atoms with Gasteiger partial charge < -0.3 is 4.42 Å². The third kappa shape index (κ3) is 3.40. The van der Waals surface area contributed by atoms with Crippen molar-refractivity contribution in [2.45, 2.75) is 6.42 Å². The molecule has 27 heavy (non-hydrogen) atoms. The number of hydrogen-bond donors (Lipinski definition) is 1. The number of hydrogen-bond acceptors (Lipinski definition) is 7. The maximum atomic E-state index is 12.3. The van der Waals surface area contributed by atoms with Gasteiger partial charge in [0.2, 0.25) is 5.13 Å². The summed E-state index contributed by atoms with van der Waals surface area (Å²) >= 11 is 4.31.